The average Bonchev–Trinajstić information content (AvgIpc) is 2.49. The minimum atomic E-state index is -0.351. The Morgan fingerprint density at radius 1 is 1.43 bits per heavy atom. The van der Waals surface area contributed by atoms with Gasteiger partial charge in [-0.15, -0.1) is 0 Å². The van der Waals surface area contributed by atoms with Gasteiger partial charge in [-0.2, -0.15) is 0 Å². The van der Waals surface area contributed by atoms with E-state index in [2.05, 4.69) is 33.2 Å². The fraction of sp³-hybridized carbons (Fsp3) is 0.571. The van der Waals surface area contributed by atoms with Crippen LogP contribution in [0.5, 0.6) is 0 Å². The van der Waals surface area contributed by atoms with E-state index in [0.717, 1.165) is 35.9 Å². The molecule has 0 bridgehead atoms. The minimum Gasteiger partial charge on any atom is -0.379 e. The van der Waals surface area contributed by atoms with Crippen molar-refractivity contribution in [2.24, 2.45) is 0 Å². The molecule has 0 amide bonds. The zero-order valence-corrected chi connectivity index (χ0v) is 14.0. The predicted molar refractivity (Wildman–Crippen MR) is 90.8 cm³/mol. The van der Waals surface area contributed by atoms with Crippen molar-refractivity contribution in [2.75, 3.05) is 31.6 Å². The van der Waals surface area contributed by atoms with Crippen LogP contribution in [0.25, 0.3) is 0 Å². The molecule has 116 valence electrons. The predicted octanol–water partition coefficient (Wildman–Crippen LogP) is 2.77. The summed E-state index contributed by atoms with van der Waals surface area (Å²) in [5.41, 5.74) is 0.698. The van der Waals surface area contributed by atoms with Crippen LogP contribution in [0.1, 0.15) is 19.3 Å². The number of anilines is 1. The van der Waals surface area contributed by atoms with E-state index in [0.29, 0.717) is 24.9 Å². The summed E-state index contributed by atoms with van der Waals surface area (Å²) in [6.07, 6.45) is 3.33. The fourth-order valence-corrected chi connectivity index (χ4v) is 2.79. The Balaban J connectivity index is 1.72. The summed E-state index contributed by atoms with van der Waals surface area (Å²) in [6.45, 7) is 3.41. The molecule has 1 aromatic carbocycles. The number of piperidine rings is 1. The molecule has 0 aliphatic carbocycles. The molecule has 1 aromatic rings. The molecule has 0 radical (unpaired) electrons. The molecule has 2 N–H and O–H groups in total. The third kappa shape index (κ3) is 5.40. The van der Waals surface area contributed by atoms with Gasteiger partial charge in [-0.05, 0) is 67.1 Å². The van der Waals surface area contributed by atoms with Crippen LogP contribution in [0.2, 0.25) is 0 Å². The standard InChI is InChI=1S/C14H20IN3O3/c15-11-2-3-13(14(10-11)18(19)20)17-6-1-9-21-12-4-7-16-8-5-12/h2-3,10,12,16-17H,1,4-9H2. The van der Waals surface area contributed by atoms with Gasteiger partial charge in [-0.3, -0.25) is 10.1 Å². The SMILES string of the molecule is O=[N+]([O-])c1cc(I)ccc1NCCCOC1CCNCC1. The van der Waals surface area contributed by atoms with E-state index in [9.17, 15) is 10.1 Å². The van der Waals surface area contributed by atoms with Crippen LogP contribution in [0, 0.1) is 13.7 Å². The van der Waals surface area contributed by atoms with Gasteiger partial charge in [0.25, 0.3) is 5.69 Å². The maximum absolute atomic E-state index is 11.0. The maximum atomic E-state index is 11.0. The Labute approximate surface area is 137 Å². The number of ether oxygens (including phenoxy) is 1. The molecular formula is C14H20IN3O3. The van der Waals surface area contributed by atoms with E-state index >= 15 is 0 Å². The number of nitrogens with zero attached hydrogens (tertiary/aromatic N) is 1. The number of hydrogen-bond acceptors (Lipinski definition) is 5. The van der Waals surface area contributed by atoms with E-state index in [1.165, 1.54) is 0 Å². The van der Waals surface area contributed by atoms with Gasteiger partial charge in [-0.25, -0.2) is 0 Å². The molecule has 1 heterocycles. The second kappa shape index (κ2) is 8.50. The van der Waals surface area contributed by atoms with Crippen molar-refractivity contribution in [1.29, 1.82) is 0 Å². The Kier molecular flexibility index (Phi) is 6.65. The molecule has 1 aliphatic rings. The van der Waals surface area contributed by atoms with Crippen molar-refractivity contribution in [3.63, 3.8) is 0 Å². The average molecular weight is 405 g/mol. The first-order chi connectivity index (χ1) is 10.2. The normalized spacial score (nSPS) is 15.9. The quantitative estimate of drug-likeness (QED) is 0.316. The summed E-state index contributed by atoms with van der Waals surface area (Å²) in [4.78, 5) is 10.6. The molecule has 0 atom stereocenters. The molecule has 1 aliphatic heterocycles. The third-order valence-electron chi connectivity index (χ3n) is 3.43. The van der Waals surface area contributed by atoms with Gasteiger partial charge in [0.1, 0.15) is 5.69 Å². The van der Waals surface area contributed by atoms with Crippen molar-refractivity contribution < 1.29 is 9.66 Å². The molecule has 0 saturated carbocycles. The lowest BCUT2D eigenvalue weighted by Gasteiger charge is -2.22. The van der Waals surface area contributed by atoms with E-state index < -0.39 is 0 Å². The maximum Gasteiger partial charge on any atom is 0.293 e. The monoisotopic (exact) mass is 405 g/mol. The van der Waals surface area contributed by atoms with Crippen LogP contribution in [-0.2, 0) is 4.74 Å². The van der Waals surface area contributed by atoms with Crippen LogP contribution in [0.3, 0.4) is 0 Å². The number of nitro benzene ring substituents is 1. The van der Waals surface area contributed by atoms with Crippen molar-refractivity contribution >= 4 is 34.0 Å². The summed E-state index contributed by atoms with van der Waals surface area (Å²) < 4.78 is 6.66. The number of rotatable bonds is 7. The van der Waals surface area contributed by atoms with E-state index in [-0.39, 0.29) is 10.6 Å². The van der Waals surface area contributed by atoms with Crippen molar-refractivity contribution in [3.05, 3.63) is 31.9 Å². The third-order valence-corrected chi connectivity index (χ3v) is 4.10. The van der Waals surface area contributed by atoms with Gasteiger partial charge >= 0.3 is 0 Å². The highest BCUT2D eigenvalue weighted by atomic mass is 127. The second-order valence-corrected chi connectivity index (χ2v) is 6.26. The first-order valence-electron chi connectivity index (χ1n) is 7.17. The Bertz CT molecular complexity index is 479. The van der Waals surface area contributed by atoms with Gasteiger partial charge < -0.3 is 15.4 Å². The highest BCUT2D eigenvalue weighted by Crippen LogP contribution is 2.26. The number of nitro groups is 1. The second-order valence-electron chi connectivity index (χ2n) is 5.02. The Morgan fingerprint density at radius 2 is 2.19 bits per heavy atom. The summed E-state index contributed by atoms with van der Waals surface area (Å²) in [7, 11) is 0. The smallest absolute Gasteiger partial charge is 0.293 e. The van der Waals surface area contributed by atoms with Gasteiger partial charge in [0.15, 0.2) is 0 Å². The van der Waals surface area contributed by atoms with Gasteiger partial charge in [0, 0.05) is 22.8 Å². The molecule has 21 heavy (non-hydrogen) atoms. The largest absolute Gasteiger partial charge is 0.379 e. The van der Waals surface area contributed by atoms with E-state index in [4.69, 9.17) is 4.74 Å². The molecule has 0 spiro atoms. The first kappa shape index (κ1) is 16.4. The van der Waals surface area contributed by atoms with Crippen molar-refractivity contribution in [1.82, 2.24) is 5.32 Å². The molecule has 0 unspecified atom stereocenters. The molecule has 2 rings (SSSR count). The summed E-state index contributed by atoms with van der Waals surface area (Å²) in [6, 6.07) is 5.20. The Hall–Kier alpha value is -0.930. The molecular weight excluding hydrogens is 385 g/mol. The van der Waals surface area contributed by atoms with Gasteiger partial charge in [0.05, 0.1) is 11.0 Å². The van der Waals surface area contributed by atoms with Gasteiger partial charge in [-0.1, -0.05) is 0 Å². The lowest BCUT2D eigenvalue weighted by Crippen LogP contribution is -2.32. The first-order valence-corrected chi connectivity index (χ1v) is 8.25. The van der Waals surface area contributed by atoms with Gasteiger partial charge in [0.2, 0.25) is 0 Å². The van der Waals surface area contributed by atoms with Crippen LogP contribution in [0.15, 0.2) is 18.2 Å². The highest BCUT2D eigenvalue weighted by molar-refractivity contribution is 14.1. The number of nitrogens with one attached hydrogen (secondary N) is 2. The molecule has 6 nitrogen and oxygen atoms in total. The topological polar surface area (TPSA) is 76.4 Å². The summed E-state index contributed by atoms with van der Waals surface area (Å²) >= 11 is 2.07. The summed E-state index contributed by atoms with van der Waals surface area (Å²) in [5, 5.41) is 17.4. The number of halogens is 1. The lowest BCUT2D eigenvalue weighted by molar-refractivity contribution is -0.384. The highest BCUT2D eigenvalue weighted by Gasteiger charge is 2.14. The molecule has 7 heteroatoms. The van der Waals surface area contributed by atoms with E-state index in [1.807, 2.05) is 6.07 Å². The lowest BCUT2D eigenvalue weighted by atomic mass is 10.1. The molecule has 1 fully saturated rings. The number of benzene rings is 1. The van der Waals surface area contributed by atoms with Crippen LogP contribution in [-0.4, -0.2) is 37.3 Å². The van der Waals surface area contributed by atoms with Crippen LogP contribution in [0.4, 0.5) is 11.4 Å². The molecule has 1 saturated heterocycles. The van der Waals surface area contributed by atoms with Crippen molar-refractivity contribution in [2.45, 2.75) is 25.4 Å². The van der Waals surface area contributed by atoms with Crippen LogP contribution < -0.4 is 10.6 Å². The molecule has 0 aromatic heterocycles. The minimum absolute atomic E-state index is 0.126. The summed E-state index contributed by atoms with van der Waals surface area (Å²) in [5.74, 6) is 0. The number of hydrogen-bond donors (Lipinski definition) is 2. The zero-order valence-electron chi connectivity index (χ0n) is 11.8. The Morgan fingerprint density at radius 3 is 2.90 bits per heavy atom. The van der Waals surface area contributed by atoms with Crippen molar-refractivity contribution in [3.8, 4) is 0 Å². The fourth-order valence-electron chi connectivity index (χ4n) is 2.31. The van der Waals surface area contributed by atoms with Crippen LogP contribution >= 0.6 is 22.6 Å². The van der Waals surface area contributed by atoms with E-state index in [1.54, 1.807) is 12.1 Å². The zero-order chi connectivity index (χ0) is 15.1.